The Morgan fingerprint density at radius 2 is 1.71 bits per heavy atom. The standard InChI is InChI=1S/C25H34BrN3O4S/c1-19(24(31)27-25(2,3)4)28(18-20-11-9-12-21(26)17-20)23(30)15-10-16-29(34(5,32)33)22-13-7-6-8-14-22/h6-9,11-14,17,19H,10,15-16,18H2,1-5H3,(H,27,31). The number of halogens is 1. The van der Waals surface area contributed by atoms with Gasteiger partial charge in [-0.1, -0.05) is 46.3 Å². The number of carbonyl (C=O) groups excluding carboxylic acids is 2. The lowest BCUT2D eigenvalue weighted by Crippen LogP contribution is -2.52. The van der Waals surface area contributed by atoms with Gasteiger partial charge in [0.15, 0.2) is 0 Å². The summed E-state index contributed by atoms with van der Waals surface area (Å²) in [5.74, 6) is -0.448. The Labute approximate surface area is 211 Å². The molecule has 7 nitrogen and oxygen atoms in total. The highest BCUT2D eigenvalue weighted by Gasteiger charge is 2.28. The zero-order valence-corrected chi connectivity index (χ0v) is 22.8. The molecule has 9 heteroatoms. The SMILES string of the molecule is CC(C(=O)NC(C)(C)C)N(Cc1cccc(Br)c1)C(=O)CCCN(c1ccccc1)S(C)(=O)=O. The Kier molecular flexibility index (Phi) is 9.70. The van der Waals surface area contributed by atoms with Crippen molar-refractivity contribution in [3.8, 4) is 0 Å². The van der Waals surface area contributed by atoms with Crippen molar-refractivity contribution >= 4 is 43.5 Å². The fourth-order valence-corrected chi connectivity index (χ4v) is 4.90. The summed E-state index contributed by atoms with van der Waals surface area (Å²) in [4.78, 5) is 27.7. The maximum absolute atomic E-state index is 13.3. The average molecular weight is 553 g/mol. The molecule has 0 bridgehead atoms. The van der Waals surface area contributed by atoms with Gasteiger partial charge in [0, 0.05) is 29.5 Å². The number of amides is 2. The molecule has 0 heterocycles. The number of para-hydroxylation sites is 1. The lowest BCUT2D eigenvalue weighted by Gasteiger charge is -2.32. The van der Waals surface area contributed by atoms with E-state index in [9.17, 15) is 18.0 Å². The number of anilines is 1. The normalized spacial score (nSPS) is 12.6. The van der Waals surface area contributed by atoms with E-state index in [-0.39, 0.29) is 31.3 Å². The Bertz CT molecular complexity index is 1080. The van der Waals surface area contributed by atoms with E-state index in [2.05, 4.69) is 21.2 Å². The number of sulfonamides is 1. The van der Waals surface area contributed by atoms with Crippen molar-refractivity contribution in [3.63, 3.8) is 0 Å². The van der Waals surface area contributed by atoms with E-state index < -0.39 is 21.6 Å². The molecular weight excluding hydrogens is 518 g/mol. The van der Waals surface area contributed by atoms with Gasteiger partial charge >= 0.3 is 0 Å². The van der Waals surface area contributed by atoms with Crippen LogP contribution in [0.2, 0.25) is 0 Å². The summed E-state index contributed by atoms with van der Waals surface area (Å²) in [6.45, 7) is 7.82. The van der Waals surface area contributed by atoms with Crippen LogP contribution in [0, 0.1) is 0 Å². The summed E-state index contributed by atoms with van der Waals surface area (Å²) in [5, 5.41) is 2.94. The van der Waals surface area contributed by atoms with Crippen LogP contribution in [-0.4, -0.2) is 49.5 Å². The quantitative estimate of drug-likeness (QED) is 0.476. The van der Waals surface area contributed by atoms with Crippen LogP contribution in [0.4, 0.5) is 5.69 Å². The molecule has 2 aromatic carbocycles. The Balaban J connectivity index is 2.17. The number of hydrogen-bond donors (Lipinski definition) is 1. The van der Waals surface area contributed by atoms with Crippen molar-refractivity contribution in [1.29, 1.82) is 0 Å². The number of nitrogens with zero attached hydrogens (tertiary/aromatic N) is 2. The van der Waals surface area contributed by atoms with Gasteiger partial charge in [0.1, 0.15) is 6.04 Å². The molecule has 2 amide bonds. The molecular formula is C25H34BrN3O4S. The Hall–Kier alpha value is -2.39. The van der Waals surface area contributed by atoms with Crippen LogP contribution < -0.4 is 9.62 Å². The second-order valence-corrected chi connectivity index (χ2v) is 12.2. The van der Waals surface area contributed by atoms with Gasteiger partial charge < -0.3 is 10.2 Å². The largest absolute Gasteiger partial charge is 0.350 e. The molecule has 0 saturated carbocycles. The van der Waals surface area contributed by atoms with Gasteiger partial charge in [-0.05, 0) is 63.9 Å². The zero-order valence-electron chi connectivity index (χ0n) is 20.4. The predicted molar refractivity (Wildman–Crippen MR) is 140 cm³/mol. The number of hydrogen-bond acceptors (Lipinski definition) is 4. The molecule has 0 aliphatic heterocycles. The first-order chi connectivity index (χ1) is 15.8. The van der Waals surface area contributed by atoms with E-state index in [4.69, 9.17) is 0 Å². The van der Waals surface area contributed by atoms with Gasteiger partial charge in [-0.25, -0.2) is 8.42 Å². The molecule has 0 radical (unpaired) electrons. The predicted octanol–water partition coefficient (Wildman–Crippen LogP) is 4.33. The highest BCUT2D eigenvalue weighted by molar-refractivity contribution is 9.10. The van der Waals surface area contributed by atoms with Crippen molar-refractivity contribution in [1.82, 2.24) is 10.2 Å². The summed E-state index contributed by atoms with van der Waals surface area (Å²) >= 11 is 3.45. The van der Waals surface area contributed by atoms with Gasteiger partial charge in [-0.3, -0.25) is 13.9 Å². The number of nitrogens with one attached hydrogen (secondary N) is 1. The Morgan fingerprint density at radius 3 is 2.26 bits per heavy atom. The molecule has 34 heavy (non-hydrogen) atoms. The summed E-state index contributed by atoms with van der Waals surface area (Å²) in [7, 11) is -3.50. The number of rotatable bonds is 10. The summed E-state index contributed by atoms with van der Waals surface area (Å²) in [6, 6.07) is 15.7. The molecule has 0 saturated heterocycles. The summed E-state index contributed by atoms with van der Waals surface area (Å²) in [5.41, 5.74) is 1.02. The van der Waals surface area contributed by atoms with Crippen LogP contribution in [0.3, 0.4) is 0 Å². The first kappa shape index (κ1) is 27.9. The van der Waals surface area contributed by atoms with Crippen molar-refractivity contribution in [2.24, 2.45) is 0 Å². The molecule has 0 aliphatic rings. The summed E-state index contributed by atoms with van der Waals surface area (Å²) in [6.07, 6.45) is 1.59. The van der Waals surface area contributed by atoms with E-state index in [0.717, 1.165) is 16.3 Å². The first-order valence-corrected chi connectivity index (χ1v) is 13.8. The van der Waals surface area contributed by atoms with Gasteiger partial charge in [0.05, 0.1) is 11.9 Å². The van der Waals surface area contributed by atoms with Gasteiger partial charge in [-0.15, -0.1) is 0 Å². The lowest BCUT2D eigenvalue weighted by atomic mass is 10.1. The number of benzene rings is 2. The minimum Gasteiger partial charge on any atom is -0.350 e. The van der Waals surface area contributed by atoms with Crippen molar-refractivity contribution in [2.75, 3.05) is 17.1 Å². The molecule has 1 unspecified atom stereocenters. The summed E-state index contributed by atoms with van der Waals surface area (Å²) < 4.78 is 26.8. The maximum atomic E-state index is 13.3. The molecule has 0 spiro atoms. The molecule has 0 aromatic heterocycles. The first-order valence-electron chi connectivity index (χ1n) is 11.2. The molecule has 2 aromatic rings. The van der Waals surface area contributed by atoms with E-state index in [1.807, 2.05) is 51.1 Å². The minimum atomic E-state index is -3.50. The maximum Gasteiger partial charge on any atom is 0.242 e. The van der Waals surface area contributed by atoms with E-state index in [0.29, 0.717) is 12.1 Å². The van der Waals surface area contributed by atoms with Crippen LogP contribution in [-0.2, 0) is 26.2 Å². The van der Waals surface area contributed by atoms with E-state index in [1.54, 1.807) is 36.1 Å². The molecule has 1 atom stereocenters. The van der Waals surface area contributed by atoms with Gasteiger partial charge in [-0.2, -0.15) is 0 Å². The fraction of sp³-hybridized carbons (Fsp3) is 0.440. The average Bonchev–Trinajstić information content (AvgIpc) is 2.73. The van der Waals surface area contributed by atoms with Crippen molar-refractivity contribution in [2.45, 2.75) is 58.7 Å². The third kappa shape index (κ3) is 8.76. The Morgan fingerprint density at radius 1 is 1.06 bits per heavy atom. The highest BCUT2D eigenvalue weighted by atomic mass is 79.9. The molecule has 0 aliphatic carbocycles. The third-order valence-corrected chi connectivity index (χ3v) is 6.79. The minimum absolute atomic E-state index is 0.111. The van der Waals surface area contributed by atoms with Gasteiger partial charge in [0.25, 0.3) is 0 Å². The third-order valence-electron chi connectivity index (χ3n) is 5.10. The van der Waals surface area contributed by atoms with Crippen LogP contribution in [0.15, 0.2) is 59.1 Å². The number of carbonyl (C=O) groups is 2. The zero-order chi connectivity index (χ0) is 25.5. The smallest absolute Gasteiger partial charge is 0.242 e. The monoisotopic (exact) mass is 551 g/mol. The van der Waals surface area contributed by atoms with Crippen molar-refractivity contribution < 1.29 is 18.0 Å². The van der Waals surface area contributed by atoms with Crippen molar-refractivity contribution in [3.05, 3.63) is 64.6 Å². The second-order valence-electron chi connectivity index (χ2n) is 9.34. The van der Waals surface area contributed by atoms with Gasteiger partial charge in [0.2, 0.25) is 21.8 Å². The second kappa shape index (κ2) is 11.8. The van der Waals surface area contributed by atoms with E-state index in [1.165, 1.54) is 4.31 Å². The van der Waals surface area contributed by atoms with Crippen LogP contribution in [0.1, 0.15) is 46.1 Å². The molecule has 2 rings (SSSR count). The van der Waals surface area contributed by atoms with Crippen LogP contribution in [0.25, 0.3) is 0 Å². The van der Waals surface area contributed by atoms with Crippen LogP contribution in [0.5, 0.6) is 0 Å². The molecule has 1 N–H and O–H groups in total. The lowest BCUT2D eigenvalue weighted by molar-refractivity contribution is -0.141. The molecule has 0 fully saturated rings. The van der Waals surface area contributed by atoms with E-state index >= 15 is 0 Å². The fourth-order valence-electron chi connectivity index (χ4n) is 3.49. The molecule has 186 valence electrons. The van der Waals surface area contributed by atoms with Crippen LogP contribution >= 0.6 is 15.9 Å². The topological polar surface area (TPSA) is 86.8 Å². The highest BCUT2D eigenvalue weighted by Crippen LogP contribution is 2.19.